The van der Waals surface area contributed by atoms with Crippen molar-refractivity contribution in [2.24, 2.45) is 4.99 Å². The molecule has 0 radical (unpaired) electrons. The molecule has 0 aromatic heterocycles. The lowest BCUT2D eigenvalue weighted by Crippen LogP contribution is -2.19. The van der Waals surface area contributed by atoms with Gasteiger partial charge in [0.15, 0.2) is 5.17 Å². The second kappa shape index (κ2) is 7.76. The summed E-state index contributed by atoms with van der Waals surface area (Å²) in [7, 11) is 0. The van der Waals surface area contributed by atoms with Crippen LogP contribution in [-0.2, 0) is 4.79 Å². The van der Waals surface area contributed by atoms with Crippen LogP contribution in [-0.4, -0.2) is 16.2 Å². The molecule has 0 atom stereocenters. The number of aliphatic imine (C=N–C) groups is 1. The lowest BCUT2D eigenvalue weighted by Gasteiger charge is -2.05. The number of amidine groups is 1. The second-order valence-electron chi connectivity index (χ2n) is 5.70. The van der Waals surface area contributed by atoms with E-state index < -0.39 is 0 Å². The third kappa shape index (κ3) is 4.17. The van der Waals surface area contributed by atoms with Gasteiger partial charge in [-0.25, -0.2) is 4.99 Å². The molecule has 2 aromatic rings. The van der Waals surface area contributed by atoms with Crippen molar-refractivity contribution in [3.8, 4) is 5.75 Å². The SMILES string of the molecule is Cc1cc(N=C2NC(=O)/C(=C/c3cc(Cl)cc(Br)c3O)S2)cc(C)c1Br. The number of carbonyl (C=O) groups excluding carboxylic acids is 1. The molecule has 1 aliphatic heterocycles. The van der Waals surface area contributed by atoms with Gasteiger partial charge in [-0.15, -0.1) is 0 Å². The zero-order valence-electron chi connectivity index (χ0n) is 13.7. The van der Waals surface area contributed by atoms with Crippen molar-refractivity contribution in [3.05, 3.63) is 59.8 Å². The first kappa shape index (κ1) is 19.5. The lowest BCUT2D eigenvalue weighted by molar-refractivity contribution is -0.115. The molecule has 2 aromatic carbocycles. The van der Waals surface area contributed by atoms with Gasteiger partial charge in [-0.3, -0.25) is 4.79 Å². The number of aryl methyl sites for hydroxylation is 2. The van der Waals surface area contributed by atoms with Crippen molar-refractivity contribution in [3.63, 3.8) is 0 Å². The molecule has 2 N–H and O–H groups in total. The predicted octanol–water partition coefficient (Wildman–Crippen LogP) is 6.08. The number of amides is 1. The Kier molecular flexibility index (Phi) is 5.81. The lowest BCUT2D eigenvalue weighted by atomic mass is 10.1. The zero-order valence-corrected chi connectivity index (χ0v) is 18.5. The van der Waals surface area contributed by atoms with Gasteiger partial charge in [0.1, 0.15) is 5.75 Å². The molecule has 0 aliphatic carbocycles. The van der Waals surface area contributed by atoms with Crippen LogP contribution in [0.3, 0.4) is 0 Å². The van der Waals surface area contributed by atoms with Crippen molar-refractivity contribution in [2.45, 2.75) is 13.8 Å². The van der Waals surface area contributed by atoms with Crippen LogP contribution in [0.5, 0.6) is 5.75 Å². The summed E-state index contributed by atoms with van der Waals surface area (Å²) < 4.78 is 1.52. The predicted molar refractivity (Wildman–Crippen MR) is 115 cm³/mol. The van der Waals surface area contributed by atoms with Gasteiger partial charge in [-0.1, -0.05) is 27.5 Å². The van der Waals surface area contributed by atoms with Crippen LogP contribution in [0.1, 0.15) is 16.7 Å². The molecule has 1 heterocycles. The number of carbonyl (C=O) groups is 1. The molecule has 1 amide bonds. The van der Waals surface area contributed by atoms with Crippen molar-refractivity contribution in [1.29, 1.82) is 0 Å². The normalized spacial score (nSPS) is 17.2. The summed E-state index contributed by atoms with van der Waals surface area (Å²) in [4.78, 5) is 17.2. The van der Waals surface area contributed by atoms with E-state index in [4.69, 9.17) is 11.6 Å². The third-order valence-electron chi connectivity index (χ3n) is 3.65. The number of hydrogen-bond acceptors (Lipinski definition) is 4. The van der Waals surface area contributed by atoms with Gasteiger partial charge in [0.25, 0.3) is 5.91 Å². The fourth-order valence-electron chi connectivity index (χ4n) is 2.42. The maximum atomic E-state index is 12.2. The summed E-state index contributed by atoms with van der Waals surface area (Å²) in [6, 6.07) is 7.07. The van der Waals surface area contributed by atoms with E-state index >= 15 is 0 Å². The molecule has 8 heteroatoms. The van der Waals surface area contributed by atoms with E-state index in [1.165, 1.54) is 11.8 Å². The van der Waals surface area contributed by atoms with Crippen LogP contribution in [0.25, 0.3) is 6.08 Å². The first-order chi connectivity index (χ1) is 12.2. The van der Waals surface area contributed by atoms with Gasteiger partial charge >= 0.3 is 0 Å². The Morgan fingerprint density at radius 1 is 1.19 bits per heavy atom. The van der Waals surface area contributed by atoms with E-state index in [-0.39, 0.29) is 11.7 Å². The van der Waals surface area contributed by atoms with Crippen LogP contribution in [0, 0.1) is 13.8 Å². The minimum Gasteiger partial charge on any atom is -0.506 e. The highest BCUT2D eigenvalue weighted by Crippen LogP contribution is 2.36. The van der Waals surface area contributed by atoms with E-state index in [1.807, 2.05) is 26.0 Å². The number of aromatic hydroxyl groups is 1. The maximum Gasteiger partial charge on any atom is 0.264 e. The minimum atomic E-state index is -0.269. The highest BCUT2D eigenvalue weighted by atomic mass is 79.9. The topological polar surface area (TPSA) is 61.7 Å². The van der Waals surface area contributed by atoms with E-state index in [1.54, 1.807) is 18.2 Å². The Morgan fingerprint density at radius 2 is 1.85 bits per heavy atom. The number of phenols is 1. The number of nitrogens with zero attached hydrogens (tertiary/aromatic N) is 1. The number of halogens is 3. The molecule has 134 valence electrons. The smallest absolute Gasteiger partial charge is 0.264 e. The van der Waals surface area contributed by atoms with Gasteiger partial charge in [0, 0.05) is 15.1 Å². The summed E-state index contributed by atoms with van der Waals surface area (Å²) in [5, 5.41) is 13.8. The van der Waals surface area contributed by atoms with Crippen LogP contribution in [0.4, 0.5) is 5.69 Å². The van der Waals surface area contributed by atoms with Gasteiger partial charge in [-0.05, 0) is 83.0 Å². The Bertz CT molecular complexity index is 966. The highest BCUT2D eigenvalue weighted by molar-refractivity contribution is 9.10. The van der Waals surface area contributed by atoms with Gasteiger partial charge in [-0.2, -0.15) is 0 Å². The Hall–Kier alpha value is -1.28. The quantitative estimate of drug-likeness (QED) is 0.476. The first-order valence-electron chi connectivity index (χ1n) is 7.49. The van der Waals surface area contributed by atoms with Crippen LogP contribution in [0.15, 0.2) is 43.1 Å². The van der Waals surface area contributed by atoms with E-state index in [9.17, 15) is 9.90 Å². The third-order valence-corrected chi connectivity index (χ3v) is 6.63. The van der Waals surface area contributed by atoms with Crippen LogP contribution in [0.2, 0.25) is 5.02 Å². The second-order valence-corrected chi connectivity index (χ2v) is 8.82. The van der Waals surface area contributed by atoms with Crippen molar-refractivity contribution in [1.82, 2.24) is 5.32 Å². The molecule has 0 saturated carbocycles. The molecular formula is C18H13Br2ClN2O2S. The van der Waals surface area contributed by atoms with Crippen molar-refractivity contribution < 1.29 is 9.90 Å². The summed E-state index contributed by atoms with van der Waals surface area (Å²) in [5.74, 6) is -0.241. The fourth-order valence-corrected chi connectivity index (χ4v) is 4.32. The Balaban J connectivity index is 1.92. The maximum absolute atomic E-state index is 12.2. The molecule has 1 aliphatic rings. The Morgan fingerprint density at radius 3 is 2.50 bits per heavy atom. The summed E-state index contributed by atoms with van der Waals surface area (Å²) in [5.41, 5.74) is 3.37. The standard InChI is InChI=1S/C18H13Br2ClN2O2S/c1-8-3-12(4-9(2)15(8)20)22-18-23-17(25)14(26-18)6-10-5-11(21)7-13(19)16(10)24/h3-7,24H,1-2H3,(H,22,23,25)/b14-6-. The molecule has 0 spiro atoms. The number of benzene rings is 2. The number of nitrogens with one attached hydrogen (secondary N) is 1. The number of thioether (sulfide) groups is 1. The van der Waals surface area contributed by atoms with Crippen LogP contribution < -0.4 is 5.32 Å². The summed E-state index contributed by atoms with van der Waals surface area (Å²) in [6.07, 6.45) is 1.59. The largest absolute Gasteiger partial charge is 0.506 e. The molecule has 1 saturated heterocycles. The van der Waals surface area contributed by atoms with E-state index in [2.05, 4.69) is 42.2 Å². The molecule has 3 rings (SSSR count). The van der Waals surface area contributed by atoms with Crippen LogP contribution >= 0.6 is 55.2 Å². The monoisotopic (exact) mass is 514 g/mol. The molecule has 0 bridgehead atoms. The molecule has 26 heavy (non-hydrogen) atoms. The molecule has 1 fully saturated rings. The van der Waals surface area contributed by atoms with Gasteiger partial charge in [0.2, 0.25) is 0 Å². The highest BCUT2D eigenvalue weighted by Gasteiger charge is 2.24. The van der Waals surface area contributed by atoms with E-state index in [0.717, 1.165) is 21.3 Å². The van der Waals surface area contributed by atoms with Gasteiger partial charge < -0.3 is 10.4 Å². The molecule has 4 nitrogen and oxygen atoms in total. The van der Waals surface area contributed by atoms with E-state index in [0.29, 0.717) is 25.1 Å². The average molecular weight is 517 g/mol. The first-order valence-corrected chi connectivity index (χ1v) is 10.3. The number of hydrogen-bond donors (Lipinski definition) is 2. The number of rotatable bonds is 2. The zero-order chi connectivity index (χ0) is 19.0. The molecule has 0 unspecified atom stereocenters. The van der Waals surface area contributed by atoms with Gasteiger partial charge in [0.05, 0.1) is 15.1 Å². The number of phenolic OH excluding ortho intramolecular Hbond substituents is 1. The summed E-state index contributed by atoms with van der Waals surface area (Å²) >= 11 is 14.0. The summed E-state index contributed by atoms with van der Waals surface area (Å²) in [6.45, 7) is 3.98. The molecular weight excluding hydrogens is 504 g/mol. The Labute approximate surface area is 177 Å². The fraction of sp³-hybridized carbons (Fsp3) is 0.111. The minimum absolute atomic E-state index is 0.0276. The van der Waals surface area contributed by atoms with Crippen molar-refractivity contribution >= 4 is 78.1 Å². The average Bonchev–Trinajstić information content (AvgIpc) is 2.89. The van der Waals surface area contributed by atoms with Crippen molar-refractivity contribution in [2.75, 3.05) is 0 Å².